The summed E-state index contributed by atoms with van der Waals surface area (Å²) in [7, 11) is 0. The van der Waals surface area contributed by atoms with E-state index in [4.69, 9.17) is 14.2 Å². The Kier molecular flexibility index (Phi) is 7.77. The highest BCUT2D eigenvalue weighted by atomic mass is 32.2. The van der Waals surface area contributed by atoms with Crippen molar-refractivity contribution in [1.29, 1.82) is 0 Å². The van der Waals surface area contributed by atoms with Gasteiger partial charge in [-0.05, 0) is 49.8 Å². The molecule has 3 rings (SSSR count). The highest BCUT2D eigenvalue weighted by Gasteiger charge is 2.27. The summed E-state index contributed by atoms with van der Waals surface area (Å²) < 4.78 is 29.8. The molecule has 1 unspecified atom stereocenters. The number of halogens is 1. The van der Waals surface area contributed by atoms with E-state index in [1.165, 1.54) is 17.8 Å². The van der Waals surface area contributed by atoms with Gasteiger partial charge in [0.15, 0.2) is 23.6 Å². The third-order valence-corrected chi connectivity index (χ3v) is 5.14. The zero-order valence-corrected chi connectivity index (χ0v) is 18.0. The van der Waals surface area contributed by atoms with Crippen LogP contribution in [0.15, 0.2) is 47.4 Å². The second-order valence-electron chi connectivity index (χ2n) is 6.34. The van der Waals surface area contributed by atoms with E-state index < -0.39 is 17.3 Å². The zero-order chi connectivity index (χ0) is 22.2. The zero-order valence-electron chi connectivity index (χ0n) is 17.1. The molecule has 1 aliphatic rings. The molecule has 0 spiro atoms. The van der Waals surface area contributed by atoms with Crippen molar-refractivity contribution >= 4 is 35.4 Å². The van der Waals surface area contributed by atoms with Gasteiger partial charge in [-0.2, -0.15) is 0 Å². The van der Waals surface area contributed by atoms with Crippen LogP contribution < -0.4 is 20.1 Å². The quantitative estimate of drug-likeness (QED) is 0.448. The number of esters is 1. The van der Waals surface area contributed by atoms with Crippen LogP contribution in [0.1, 0.15) is 19.4 Å². The van der Waals surface area contributed by atoms with E-state index in [0.29, 0.717) is 28.7 Å². The topological polar surface area (TPSA) is 85.9 Å². The molecule has 2 aromatic carbocycles. The largest absolute Gasteiger partial charge is 0.490 e. The first-order valence-electron chi connectivity index (χ1n) is 9.75. The minimum absolute atomic E-state index is 0.226. The highest BCUT2D eigenvalue weighted by Crippen LogP contribution is 2.33. The fourth-order valence-electron chi connectivity index (χ4n) is 2.78. The molecule has 1 amide bonds. The number of carbonyl (C=O) groups excluding carboxylic acids is 2. The molecule has 31 heavy (non-hydrogen) atoms. The van der Waals surface area contributed by atoms with E-state index in [-0.39, 0.29) is 19.1 Å². The maximum absolute atomic E-state index is 13.8. The van der Waals surface area contributed by atoms with Crippen LogP contribution in [0.5, 0.6) is 11.5 Å². The number of anilines is 1. The van der Waals surface area contributed by atoms with Gasteiger partial charge in [-0.1, -0.05) is 30.0 Å². The molecule has 2 N–H and O–H groups in total. The predicted molar refractivity (Wildman–Crippen MR) is 117 cm³/mol. The summed E-state index contributed by atoms with van der Waals surface area (Å²) in [6, 6.07) is 11.4. The Morgan fingerprint density at radius 1 is 1.16 bits per heavy atom. The van der Waals surface area contributed by atoms with Crippen LogP contribution in [0.25, 0.3) is 6.08 Å². The molecule has 7 nitrogen and oxygen atoms in total. The van der Waals surface area contributed by atoms with Crippen LogP contribution in [0.3, 0.4) is 0 Å². The van der Waals surface area contributed by atoms with Gasteiger partial charge in [-0.25, -0.2) is 9.18 Å². The highest BCUT2D eigenvalue weighted by molar-refractivity contribution is 8.05. The minimum atomic E-state index is -0.491. The van der Waals surface area contributed by atoms with Gasteiger partial charge in [-0.15, -0.1) is 0 Å². The van der Waals surface area contributed by atoms with Crippen molar-refractivity contribution in [3.8, 4) is 11.5 Å². The summed E-state index contributed by atoms with van der Waals surface area (Å²) >= 11 is 1.25. The Balaban J connectivity index is 1.71. The van der Waals surface area contributed by atoms with E-state index in [1.54, 1.807) is 49.4 Å². The van der Waals surface area contributed by atoms with Crippen molar-refractivity contribution in [3.05, 3.63) is 58.8 Å². The number of para-hydroxylation sites is 1. The molecule has 1 heterocycles. The monoisotopic (exact) mass is 446 g/mol. The van der Waals surface area contributed by atoms with Crippen molar-refractivity contribution < 1.29 is 28.2 Å². The molecule has 0 aliphatic carbocycles. The summed E-state index contributed by atoms with van der Waals surface area (Å²) in [5.74, 6) is -0.275. The fourth-order valence-corrected chi connectivity index (χ4v) is 3.75. The molecule has 0 radical (unpaired) electrons. The lowest BCUT2D eigenvalue weighted by molar-refractivity contribution is -0.145. The van der Waals surface area contributed by atoms with E-state index >= 15 is 0 Å². The maximum atomic E-state index is 13.8. The first-order valence-corrected chi connectivity index (χ1v) is 10.6. The summed E-state index contributed by atoms with van der Waals surface area (Å²) in [4.78, 5) is 24.3. The number of ether oxygens (including phenoxy) is 3. The molecule has 2 aromatic rings. The summed E-state index contributed by atoms with van der Waals surface area (Å²) in [5, 5.41) is 5.73. The smallest absolute Gasteiger partial charge is 0.344 e. The SMILES string of the molecule is CCOC(=O)COc1ccc(/C=C2\SC(Nc3ccccc3F)NC2=O)cc1OCC. The number of carbonyl (C=O) groups is 2. The number of rotatable bonds is 9. The second kappa shape index (κ2) is 10.7. The van der Waals surface area contributed by atoms with Crippen LogP contribution in [0.4, 0.5) is 10.1 Å². The van der Waals surface area contributed by atoms with Crippen LogP contribution in [0.2, 0.25) is 0 Å². The lowest BCUT2D eigenvalue weighted by atomic mass is 10.2. The summed E-state index contributed by atoms with van der Waals surface area (Å²) in [5.41, 5.74) is 0.536. The summed E-state index contributed by atoms with van der Waals surface area (Å²) in [6.07, 6.45) is 1.71. The molecule has 0 saturated carbocycles. The van der Waals surface area contributed by atoms with Gasteiger partial charge in [0, 0.05) is 0 Å². The molecule has 1 saturated heterocycles. The van der Waals surface area contributed by atoms with Crippen molar-refractivity contribution in [2.45, 2.75) is 19.3 Å². The Bertz CT molecular complexity index is 982. The Hall–Kier alpha value is -3.20. The van der Waals surface area contributed by atoms with Crippen LogP contribution >= 0.6 is 11.8 Å². The molecular formula is C22H23FN2O5S. The van der Waals surface area contributed by atoms with Gasteiger partial charge in [0.25, 0.3) is 5.91 Å². The lowest BCUT2D eigenvalue weighted by Gasteiger charge is -2.13. The summed E-state index contributed by atoms with van der Waals surface area (Å²) in [6.45, 7) is 4.01. The van der Waals surface area contributed by atoms with Crippen LogP contribution in [-0.2, 0) is 14.3 Å². The fraction of sp³-hybridized carbons (Fsp3) is 0.273. The molecular weight excluding hydrogens is 423 g/mol. The first kappa shape index (κ1) is 22.5. The molecule has 0 aromatic heterocycles. The van der Waals surface area contributed by atoms with Crippen LogP contribution in [0, 0.1) is 5.82 Å². The number of hydrogen-bond acceptors (Lipinski definition) is 7. The number of thioether (sulfide) groups is 1. The Labute approximate surface area is 183 Å². The minimum Gasteiger partial charge on any atom is -0.490 e. The normalized spacial score (nSPS) is 16.7. The molecule has 1 fully saturated rings. The molecule has 1 aliphatic heterocycles. The molecule has 1 atom stereocenters. The molecule has 0 bridgehead atoms. The third kappa shape index (κ3) is 6.14. The van der Waals surface area contributed by atoms with Gasteiger partial charge < -0.3 is 24.8 Å². The number of benzene rings is 2. The molecule has 9 heteroatoms. The van der Waals surface area contributed by atoms with Gasteiger partial charge in [0.2, 0.25) is 0 Å². The number of hydrogen-bond donors (Lipinski definition) is 2. The maximum Gasteiger partial charge on any atom is 0.344 e. The second-order valence-corrected chi connectivity index (χ2v) is 7.48. The standard InChI is InChI=1S/C22H23FN2O5S/c1-3-28-18-11-14(9-10-17(18)30-13-20(26)29-4-2)12-19-21(27)25-22(31-19)24-16-8-6-5-7-15(16)23/h5-12,22,24H,3-4,13H2,1-2H3,(H,25,27)/b19-12-. The average molecular weight is 447 g/mol. The van der Waals surface area contributed by atoms with Gasteiger partial charge in [0.1, 0.15) is 5.82 Å². The van der Waals surface area contributed by atoms with Crippen molar-refractivity contribution in [2.24, 2.45) is 0 Å². The van der Waals surface area contributed by atoms with Gasteiger partial charge in [0.05, 0.1) is 23.8 Å². The van der Waals surface area contributed by atoms with E-state index in [2.05, 4.69) is 10.6 Å². The van der Waals surface area contributed by atoms with Crippen molar-refractivity contribution in [2.75, 3.05) is 25.1 Å². The molecule has 164 valence electrons. The van der Waals surface area contributed by atoms with Crippen molar-refractivity contribution in [3.63, 3.8) is 0 Å². The van der Waals surface area contributed by atoms with E-state index in [1.807, 2.05) is 6.92 Å². The third-order valence-electron chi connectivity index (χ3n) is 4.11. The Morgan fingerprint density at radius 2 is 1.97 bits per heavy atom. The predicted octanol–water partition coefficient (Wildman–Crippen LogP) is 3.77. The van der Waals surface area contributed by atoms with Gasteiger partial charge in [-0.3, -0.25) is 4.79 Å². The van der Waals surface area contributed by atoms with Crippen molar-refractivity contribution in [1.82, 2.24) is 5.32 Å². The van der Waals surface area contributed by atoms with E-state index in [0.717, 1.165) is 5.56 Å². The first-order chi connectivity index (χ1) is 15.0. The lowest BCUT2D eigenvalue weighted by Crippen LogP contribution is -2.31. The number of nitrogens with one attached hydrogen (secondary N) is 2. The van der Waals surface area contributed by atoms with E-state index in [9.17, 15) is 14.0 Å². The Morgan fingerprint density at radius 3 is 2.71 bits per heavy atom. The number of amides is 1. The van der Waals surface area contributed by atoms with Gasteiger partial charge >= 0.3 is 5.97 Å². The average Bonchev–Trinajstić information content (AvgIpc) is 3.08. The van der Waals surface area contributed by atoms with Crippen LogP contribution in [-0.4, -0.2) is 37.2 Å².